The zero-order chi connectivity index (χ0) is 25.1. The van der Waals surface area contributed by atoms with Crippen molar-refractivity contribution in [3.8, 4) is 44.5 Å². The average molecular weight is 500 g/mol. The van der Waals surface area contributed by atoms with Crippen LogP contribution in [0.4, 0.5) is 0 Å². The molecule has 0 atom stereocenters. The van der Waals surface area contributed by atoms with Gasteiger partial charge in [-0.3, -0.25) is 0 Å². The van der Waals surface area contributed by atoms with Crippen LogP contribution in [0.1, 0.15) is 11.1 Å². The first-order valence-corrected chi connectivity index (χ1v) is 13.9. The minimum absolute atomic E-state index is 0.969. The molecule has 6 aromatic carbocycles. The molecule has 0 spiro atoms. The SMILES string of the molecule is [c]1ccc2c(c1)Cc1c(-c3cccc(-c4cccc(-c5cccc6c5sc5ccccc56)c4)c3)cccc1-2. The van der Waals surface area contributed by atoms with Crippen molar-refractivity contribution >= 4 is 31.5 Å². The highest BCUT2D eigenvalue weighted by Gasteiger charge is 2.21. The molecule has 1 aromatic heterocycles. The molecule has 0 aliphatic heterocycles. The molecule has 0 bridgehead atoms. The van der Waals surface area contributed by atoms with E-state index in [0.717, 1.165) is 6.42 Å². The van der Waals surface area contributed by atoms with Crippen molar-refractivity contribution in [1.82, 2.24) is 0 Å². The first kappa shape index (κ1) is 21.6. The molecule has 0 nitrogen and oxygen atoms in total. The van der Waals surface area contributed by atoms with Gasteiger partial charge >= 0.3 is 0 Å². The molecule has 1 heteroatoms. The van der Waals surface area contributed by atoms with Gasteiger partial charge in [-0.05, 0) is 86.3 Å². The number of rotatable bonds is 3. The second kappa shape index (κ2) is 8.55. The normalized spacial score (nSPS) is 12.1. The van der Waals surface area contributed by atoms with Crippen molar-refractivity contribution in [2.24, 2.45) is 0 Å². The van der Waals surface area contributed by atoms with Crippen LogP contribution in [0.2, 0.25) is 0 Å². The average Bonchev–Trinajstić information content (AvgIpc) is 3.56. The van der Waals surface area contributed by atoms with Crippen molar-refractivity contribution in [2.45, 2.75) is 6.42 Å². The Balaban J connectivity index is 1.22. The molecular weight excluding hydrogens is 476 g/mol. The lowest BCUT2D eigenvalue weighted by molar-refractivity contribution is 1.26. The Hall–Kier alpha value is -4.46. The van der Waals surface area contributed by atoms with Gasteiger partial charge in [-0.15, -0.1) is 11.3 Å². The van der Waals surface area contributed by atoms with Crippen molar-refractivity contribution < 1.29 is 0 Å². The van der Waals surface area contributed by atoms with Gasteiger partial charge in [0.25, 0.3) is 0 Å². The fourth-order valence-electron chi connectivity index (χ4n) is 6.07. The zero-order valence-electron chi connectivity index (χ0n) is 20.7. The second-order valence-corrected chi connectivity index (χ2v) is 11.1. The Morgan fingerprint density at radius 1 is 0.526 bits per heavy atom. The highest BCUT2D eigenvalue weighted by Crippen LogP contribution is 2.43. The summed E-state index contributed by atoms with van der Waals surface area (Å²) < 4.78 is 2.70. The fourth-order valence-corrected chi connectivity index (χ4v) is 7.31. The quantitative estimate of drug-likeness (QED) is 0.227. The molecule has 0 saturated carbocycles. The second-order valence-electron chi connectivity index (χ2n) is 10.0. The van der Waals surface area contributed by atoms with Gasteiger partial charge in [0.05, 0.1) is 0 Å². The Morgan fingerprint density at radius 2 is 1.18 bits per heavy atom. The van der Waals surface area contributed by atoms with Gasteiger partial charge in [-0.1, -0.05) is 109 Å². The number of fused-ring (bicyclic) bond motifs is 6. The van der Waals surface area contributed by atoms with Crippen molar-refractivity contribution in [3.63, 3.8) is 0 Å². The predicted octanol–water partition coefficient (Wildman–Crippen LogP) is 10.4. The first-order valence-electron chi connectivity index (χ1n) is 13.1. The molecule has 0 fully saturated rings. The van der Waals surface area contributed by atoms with E-state index >= 15 is 0 Å². The molecule has 177 valence electrons. The van der Waals surface area contributed by atoms with Crippen LogP contribution >= 0.6 is 11.3 Å². The monoisotopic (exact) mass is 499 g/mol. The van der Waals surface area contributed by atoms with Crippen LogP contribution in [0.5, 0.6) is 0 Å². The Bertz CT molecular complexity index is 2010. The molecule has 1 aliphatic carbocycles. The standard InChI is InChI=1S/C37H23S/c1-2-14-29-28(9-1)23-35-30(16-7-18-32(29)35)26-12-5-10-24(21-26)25-11-6-13-27(22-25)31-17-8-19-34-33-15-3-4-20-36(33)38-37(31)34/h2-22H,23H2. The van der Waals surface area contributed by atoms with E-state index in [9.17, 15) is 0 Å². The van der Waals surface area contributed by atoms with Crippen molar-refractivity contribution in [3.05, 3.63) is 145 Å². The van der Waals surface area contributed by atoms with E-state index in [4.69, 9.17) is 0 Å². The van der Waals surface area contributed by atoms with E-state index in [-0.39, 0.29) is 0 Å². The molecule has 38 heavy (non-hydrogen) atoms. The molecule has 0 saturated heterocycles. The van der Waals surface area contributed by atoms with Gasteiger partial charge in [0.15, 0.2) is 0 Å². The van der Waals surface area contributed by atoms with Crippen LogP contribution in [0.15, 0.2) is 127 Å². The summed E-state index contributed by atoms with van der Waals surface area (Å²) in [5, 5.41) is 2.68. The lowest BCUT2D eigenvalue weighted by atomic mass is 9.92. The smallest absolute Gasteiger partial charge is 0.0433 e. The summed E-state index contributed by atoms with van der Waals surface area (Å²) in [5.41, 5.74) is 13.1. The Kier molecular flexibility index (Phi) is 4.86. The molecule has 0 unspecified atom stereocenters. The topological polar surface area (TPSA) is 0 Å². The number of benzene rings is 6. The fraction of sp³-hybridized carbons (Fsp3) is 0.0270. The number of hydrogen-bond acceptors (Lipinski definition) is 1. The Morgan fingerprint density at radius 3 is 2.05 bits per heavy atom. The highest BCUT2D eigenvalue weighted by molar-refractivity contribution is 7.26. The van der Waals surface area contributed by atoms with E-state index in [1.807, 2.05) is 17.4 Å². The maximum atomic E-state index is 3.26. The molecule has 1 aliphatic rings. The zero-order valence-corrected chi connectivity index (χ0v) is 21.6. The summed E-state index contributed by atoms with van der Waals surface area (Å²) >= 11 is 1.89. The third kappa shape index (κ3) is 3.36. The van der Waals surface area contributed by atoms with E-state index in [2.05, 4.69) is 127 Å². The largest absolute Gasteiger partial charge is 0.135 e. The molecule has 8 rings (SSSR count). The highest BCUT2D eigenvalue weighted by atomic mass is 32.1. The molecule has 7 aromatic rings. The van der Waals surface area contributed by atoms with E-state index in [1.54, 1.807) is 0 Å². The van der Waals surface area contributed by atoms with Gasteiger partial charge in [0.2, 0.25) is 0 Å². The van der Waals surface area contributed by atoms with Crippen LogP contribution in [-0.4, -0.2) is 0 Å². The third-order valence-electron chi connectivity index (χ3n) is 7.87. The van der Waals surface area contributed by atoms with E-state index in [0.29, 0.717) is 0 Å². The van der Waals surface area contributed by atoms with E-state index in [1.165, 1.54) is 75.8 Å². The van der Waals surface area contributed by atoms with Gasteiger partial charge in [0, 0.05) is 20.2 Å². The predicted molar refractivity (Wildman–Crippen MR) is 163 cm³/mol. The number of thiophene rings is 1. The summed E-state index contributed by atoms with van der Waals surface area (Å²) in [4.78, 5) is 0. The van der Waals surface area contributed by atoms with Crippen molar-refractivity contribution in [2.75, 3.05) is 0 Å². The lowest BCUT2D eigenvalue weighted by Gasteiger charge is -2.12. The molecule has 1 heterocycles. The van der Waals surface area contributed by atoms with Crippen LogP contribution in [-0.2, 0) is 6.42 Å². The van der Waals surface area contributed by atoms with Crippen LogP contribution in [0, 0.1) is 6.07 Å². The number of hydrogen-bond donors (Lipinski definition) is 0. The maximum Gasteiger partial charge on any atom is 0.0433 e. The summed E-state index contributed by atoms with van der Waals surface area (Å²) in [5.74, 6) is 0. The Labute approximate surface area is 226 Å². The van der Waals surface area contributed by atoms with Gasteiger partial charge < -0.3 is 0 Å². The molecule has 0 amide bonds. The molecule has 1 radical (unpaired) electrons. The first-order chi connectivity index (χ1) is 18.8. The minimum Gasteiger partial charge on any atom is -0.135 e. The minimum atomic E-state index is 0.969. The summed E-state index contributed by atoms with van der Waals surface area (Å²) in [6.45, 7) is 0. The summed E-state index contributed by atoms with van der Waals surface area (Å²) in [7, 11) is 0. The third-order valence-corrected chi connectivity index (χ3v) is 9.09. The van der Waals surface area contributed by atoms with E-state index < -0.39 is 0 Å². The summed E-state index contributed by atoms with van der Waals surface area (Å²) in [6, 6.07) is 49.8. The molecule has 0 N–H and O–H groups in total. The van der Waals surface area contributed by atoms with Crippen molar-refractivity contribution in [1.29, 1.82) is 0 Å². The lowest BCUT2D eigenvalue weighted by Crippen LogP contribution is -1.89. The van der Waals surface area contributed by atoms with Crippen LogP contribution in [0.3, 0.4) is 0 Å². The van der Waals surface area contributed by atoms with Crippen LogP contribution < -0.4 is 0 Å². The van der Waals surface area contributed by atoms with Crippen LogP contribution in [0.25, 0.3) is 64.7 Å². The maximum absolute atomic E-state index is 3.26. The van der Waals surface area contributed by atoms with Gasteiger partial charge in [0.1, 0.15) is 0 Å². The van der Waals surface area contributed by atoms with Gasteiger partial charge in [-0.2, -0.15) is 0 Å². The molecular formula is C37H23S. The van der Waals surface area contributed by atoms with Gasteiger partial charge in [-0.25, -0.2) is 0 Å². The summed E-state index contributed by atoms with van der Waals surface area (Å²) in [6.07, 6.45) is 0.969.